The molecule has 1 N–H and O–H groups in total. The molecular formula is C16H25FN2O2. The van der Waals surface area contributed by atoms with Gasteiger partial charge in [-0.15, -0.1) is 0 Å². The van der Waals surface area contributed by atoms with Crippen molar-refractivity contribution in [2.24, 2.45) is 0 Å². The van der Waals surface area contributed by atoms with Crippen molar-refractivity contribution in [2.45, 2.75) is 46.3 Å². The van der Waals surface area contributed by atoms with Crippen LogP contribution in [0.5, 0.6) is 5.75 Å². The second kappa shape index (κ2) is 7.98. The number of amides is 1. The fourth-order valence-corrected chi connectivity index (χ4v) is 1.69. The standard InChI is InChI=1S/C16H25FN2O2/c1-11(2)18-9-13-7-6-8-14(17)16(13)21-10-15(20)19(5)12(3)4/h6-8,11-12,18H,9-10H2,1-5H3. The normalized spacial score (nSPS) is 11.0. The first-order valence-corrected chi connectivity index (χ1v) is 7.22. The molecule has 0 aliphatic rings. The molecule has 0 radical (unpaired) electrons. The van der Waals surface area contributed by atoms with Crippen molar-refractivity contribution in [3.05, 3.63) is 29.6 Å². The number of para-hydroxylation sites is 1. The molecule has 0 bridgehead atoms. The van der Waals surface area contributed by atoms with Crippen LogP contribution in [0.15, 0.2) is 18.2 Å². The molecule has 1 aromatic rings. The van der Waals surface area contributed by atoms with Crippen molar-refractivity contribution >= 4 is 5.91 Å². The Morgan fingerprint density at radius 1 is 1.33 bits per heavy atom. The SMILES string of the molecule is CC(C)NCc1cccc(F)c1OCC(=O)N(C)C(C)C. The molecule has 0 atom stereocenters. The van der Waals surface area contributed by atoms with Gasteiger partial charge in [-0.2, -0.15) is 0 Å². The molecule has 0 saturated heterocycles. The van der Waals surface area contributed by atoms with E-state index < -0.39 is 5.82 Å². The summed E-state index contributed by atoms with van der Waals surface area (Å²) in [6.07, 6.45) is 0. The van der Waals surface area contributed by atoms with Crippen LogP contribution in [-0.2, 0) is 11.3 Å². The molecular weight excluding hydrogens is 271 g/mol. The zero-order valence-electron chi connectivity index (χ0n) is 13.4. The van der Waals surface area contributed by atoms with Gasteiger partial charge in [0.05, 0.1) is 0 Å². The highest BCUT2D eigenvalue weighted by atomic mass is 19.1. The molecule has 21 heavy (non-hydrogen) atoms. The van der Waals surface area contributed by atoms with E-state index in [1.807, 2.05) is 27.7 Å². The quantitative estimate of drug-likeness (QED) is 0.841. The number of carbonyl (C=O) groups is 1. The summed E-state index contributed by atoms with van der Waals surface area (Å²) < 4.78 is 19.3. The molecule has 4 nitrogen and oxygen atoms in total. The van der Waals surface area contributed by atoms with Gasteiger partial charge in [0.2, 0.25) is 0 Å². The molecule has 0 aliphatic carbocycles. The molecule has 0 aromatic heterocycles. The number of rotatable bonds is 7. The third-order valence-corrected chi connectivity index (χ3v) is 3.26. The van der Waals surface area contributed by atoms with Gasteiger partial charge >= 0.3 is 0 Å². The molecule has 0 fully saturated rings. The summed E-state index contributed by atoms with van der Waals surface area (Å²) in [6.45, 7) is 8.20. The lowest BCUT2D eigenvalue weighted by atomic mass is 10.2. The molecule has 0 aliphatic heterocycles. The van der Waals surface area contributed by atoms with Gasteiger partial charge in [0.25, 0.3) is 5.91 Å². The maximum Gasteiger partial charge on any atom is 0.260 e. The summed E-state index contributed by atoms with van der Waals surface area (Å²) in [4.78, 5) is 13.5. The highest BCUT2D eigenvalue weighted by Crippen LogP contribution is 2.22. The van der Waals surface area contributed by atoms with Crippen LogP contribution in [-0.4, -0.2) is 36.5 Å². The predicted octanol–water partition coefficient (Wildman–Crippen LogP) is 2.57. The number of halogens is 1. The van der Waals surface area contributed by atoms with Crippen LogP contribution in [0.1, 0.15) is 33.3 Å². The van der Waals surface area contributed by atoms with Crippen LogP contribution in [0.4, 0.5) is 4.39 Å². The van der Waals surface area contributed by atoms with Gasteiger partial charge in [-0.25, -0.2) is 4.39 Å². The molecule has 1 rings (SSSR count). The van der Waals surface area contributed by atoms with Crippen molar-refractivity contribution in [3.63, 3.8) is 0 Å². The van der Waals surface area contributed by atoms with Crippen LogP contribution < -0.4 is 10.1 Å². The van der Waals surface area contributed by atoms with Gasteiger partial charge in [-0.1, -0.05) is 26.0 Å². The minimum Gasteiger partial charge on any atom is -0.480 e. The molecule has 118 valence electrons. The highest BCUT2D eigenvalue weighted by Gasteiger charge is 2.16. The summed E-state index contributed by atoms with van der Waals surface area (Å²) >= 11 is 0. The van der Waals surface area contributed by atoms with Gasteiger partial charge < -0.3 is 15.0 Å². The third-order valence-electron chi connectivity index (χ3n) is 3.26. The Morgan fingerprint density at radius 3 is 2.57 bits per heavy atom. The maximum absolute atomic E-state index is 13.9. The largest absolute Gasteiger partial charge is 0.480 e. The van der Waals surface area contributed by atoms with E-state index in [-0.39, 0.29) is 30.3 Å². The van der Waals surface area contributed by atoms with Crippen molar-refractivity contribution in [1.29, 1.82) is 0 Å². The molecule has 5 heteroatoms. The number of hydrogen-bond donors (Lipinski definition) is 1. The first-order chi connectivity index (χ1) is 9.82. The van der Waals surface area contributed by atoms with Gasteiger partial charge in [0.1, 0.15) is 0 Å². The molecule has 1 aromatic carbocycles. The van der Waals surface area contributed by atoms with Gasteiger partial charge in [0.15, 0.2) is 18.2 Å². The van der Waals surface area contributed by atoms with Crippen molar-refractivity contribution in [1.82, 2.24) is 10.2 Å². The fraction of sp³-hybridized carbons (Fsp3) is 0.562. The number of ether oxygens (including phenoxy) is 1. The fourth-order valence-electron chi connectivity index (χ4n) is 1.69. The summed E-state index contributed by atoms with van der Waals surface area (Å²) in [7, 11) is 1.71. The van der Waals surface area contributed by atoms with Crippen molar-refractivity contribution in [2.75, 3.05) is 13.7 Å². The smallest absolute Gasteiger partial charge is 0.260 e. The zero-order chi connectivity index (χ0) is 16.0. The Labute approximate surface area is 126 Å². The monoisotopic (exact) mass is 296 g/mol. The lowest BCUT2D eigenvalue weighted by molar-refractivity contribution is -0.133. The van der Waals surface area contributed by atoms with Crippen LogP contribution >= 0.6 is 0 Å². The second-order valence-corrected chi connectivity index (χ2v) is 5.65. The minimum atomic E-state index is -0.446. The average molecular weight is 296 g/mol. The van der Waals surface area contributed by atoms with Crippen LogP contribution in [0.2, 0.25) is 0 Å². The van der Waals surface area contributed by atoms with Gasteiger partial charge in [0, 0.05) is 31.2 Å². The summed E-state index contributed by atoms with van der Waals surface area (Å²) in [5, 5.41) is 3.22. The first kappa shape index (κ1) is 17.4. The van der Waals surface area contributed by atoms with E-state index in [9.17, 15) is 9.18 Å². The first-order valence-electron chi connectivity index (χ1n) is 7.22. The number of benzene rings is 1. The van der Waals surface area contributed by atoms with E-state index >= 15 is 0 Å². The predicted molar refractivity (Wildman–Crippen MR) is 81.8 cm³/mol. The number of nitrogens with zero attached hydrogens (tertiary/aromatic N) is 1. The Bertz CT molecular complexity index is 475. The molecule has 1 amide bonds. The molecule has 0 heterocycles. The number of hydrogen-bond acceptors (Lipinski definition) is 3. The van der Waals surface area contributed by atoms with E-state index in [1.165, 1.54) is 6.07 Å². The van der Waals surface area contributed by atoms with E-state index in [4.69, 9.17) is 4.74 Å². The van der Waals surface area contributed by atoms with Crippen LogP contribution in [0.3, 0.4) is 0 Å². The maximum atomic E-state index is 13.9. The molecule has 0 spiro atoms. The Kier molecular flexibility index (Phi) is 6.62. The van der Waals surface area contributed by atoms with E-state index in [0.717, 1.165) is 0 Å². The lowest BCUT2D eigenvalue weighted by Crippen LogP contribution is -2.36. The molecule has 0 unspecified atom stereocenters. The van der Waals surface area contributed by atoms with E-state index in [2.05, 4.69) is 5.32 Å². The zero-order valence-corrected chi connectivity index (χ0v) is 13.4. The lowest BCUT2D eigenvalue weighted by Gasteiger charge is -2.22. The van der Waals surface area contributed by atoms with Crippen molar-refractivity contribution < 1.29 is 13.9 Å². The average Bonchev–Trinajstić information content (AvgIpc) is 2.42. The van der Waals surface area contributed by atoms with Gasteiger partial charge in [-0.3, -0.25) is 4.79 Å². The number of nitrogens with one attached hydrogen (secondary N) is 1. The number of carbonyl (C=O) groups excluding carboxylic acids is 1. The third kappa shape index (κ3) is 5.34. The Balaban J connectivity index is 2.75. The Morgan fingerprint density at radius 2 is 2.00 bits per heavy atom. The molecule has 0 saturated carbocycles. The summed E-state index contributed by atoms with van der Waals surface area (Å²) in [6, 6.07) is 5.15. The van der Waals surface area contributed by atoms with Gasteiger partial charge in [-0.05, 0) is 19.9 Å². The second-order valence-electron chi connectivity index (χ2n) is 5.65. The summed E-state index contributed by atoms with van der Waals surface area (Å²) in [5.74, 6) is -0.467. The van der Waals surface area contributed by atoms with Crippen LogP contribution in [0.25, 0.3) is 0 Å². The van der Waals surface area contributed by atoms with Crippen LogP contribution in [0, 0.1) is 5.82 Å². The highest BCUT2D eigenvalue weighted by molar-refractivity contribution is 5.77. The van der Waals surface area contributed by atoms with Crippen molar-refractivity contribution in [3.8, 4) is 5.75 Å². The van der Waals surface area contributed by atoms with E-state index in [0.29, 0.717) is 12.1 Å². The topological polar surface area (TPSA) is 41.6 Å². The minimum absolute atomic E-state index is 0.0869. The Hall–Kier alpha value is -1.62. The summed E-state index contributed by atoms with van der Waals surface area (Å²) in [5.41, 5.74) is 0.712. The van der Waals surface area contributed by atoms with E-state index in [1.54, 1.807) is 24.1 Å². The number of likely N-dealkylation sites (N-methyl/N-ethyl adjacent to an activating group) is 1.